The SMILES string of the molecule is CCc1ccc(S(=O)[O-])cn1. The summed E-state index contributed by atoms with van der Waals surface area (Å²) in [6.45, 7) is 1.97. The molecule has 4 heteroatoms. The average molecular weight is 170 g/mol. The molecule has 0 radical (unpaired) electrons. The quantitative estimate of drug-likeness (QED) is 0.619. The van der Waals surface area contributed by atoms with Crippen LogP contribution in [0.5, 0.6) is 0 Å². The van der Waals surface area contributed by atoms with Gasteiger partial charge in [0.05, 0.1) is 0 Å². The van der Waals surface area contributed by atoms with Crippen molar-refractivity contribution >= 4 is 11.1 Å². The molecule has 1 aromatic heterocycles. The lowest BCUT2D eigenvalue weighted by Crippen LogP contribution is -1.92. The molecule has 1 heterocycles. The number of nitrogens with zero attached hydrogens (tertiary/aromatic N) is 1. The molecule has 3 nitrogen and oxygen atoms in total. The Morgan fingerprint density at radius 3 is 2.73 bits per heavy atom. The van der Waals surface area contributed by atoms with Gasteiger partial charge in [0.15, 0.2) is 0 Å². The van der Waals surface area contributed by atoms with Gasteiger partial charge in [0.1, 0.15) is 0 Å². The molecule has 0 aliphatic carbocycles. The predicted molar refractivity (Wildman–Crippen MR) is 40.8 cm³/mol. The normalized spacial score (nSPS) is 12.9. The van der Waals surface area contributed by atoms with Gasteiger partial charge in [0.2, 0.25) is 0 Å². The van der Waals surface area contributed by atoms with Crippen molar-refractivity contribution in [2.24, 2.45) is 0 Å². The highest BCUT2D eigenvalue weighted by Gasteiger charge is 1.92. The van der Waals surface area contributed by atoms with Crippen molar-refractivity contribution < 1.29 is 8.76 Å². The van der Waals surface area contributed by atoms with E-state index < -0.39 is 11.1 Å². The van der Waals surface area contributed by atoms with Crippen LogP contribution in [-0.2, 0) is 17.5 Å². The van der Waals surface area contributed by atoms with Gasteiger partial charge >= 0.3 is 0 Å². The molecule has 0 aliphatic rings. The molecule has 0 aromatic carbocycles. The summed E-state index contributed by atoms with van der Waals surface area (Å²) in [7, 11) is 0. The molecule has 0 saturated heterocycles. The maximum Gasteiger partial charge on any atom is 0.0432 e. The molecule has 0 spiro atoms. The Morgan fingerprint density at radius 2 is 2.36 bits per heavy atom. The second-order valence-electron chi connectivity index (χ2n) is 2.07. The number of aryl methyl sites for hydroxylation is 1. The van der Waals surface area contributed by atoms with Gasteiger partial charge < -0.3 is 4.55 Å². The van der Waals surface area contributed by atoms with Crippen LogP contribution in [0, 0.1) is 0 Å². The second-order valence-corrected chi connectivity index (χ2v) is 3.01. The number of aromatic nitrogens is 1. The van der Waals surface area contributed by atoms with E-state index in [1.165, 1.54) is 6.20 Å². The Labute approximate surface area is 67.8 Å². The van der Waals surface area contributed by atoms with Crippen molar-refractivity contribution in [2.45, 2.75) is 18.2 Å². The predicted octanol–water partition coefficient (Wildman–Crippen LogP) is 0.882. The second kappa shape index (κ2) is 3.59. The number of pyridine rings is 1. The molecule has 60 valence electrons. The van der Waals surface area contributed by atoms with E-state index in [0.717, 1.165) is 12.1 Å². The van der Waals surface area contributed by atoms with Crippen molar-refractivity contribution in [3.8, 4) is 0 Å². The van der Waals surface area contributed by atoms with Gasteiger partial charge in [-0.2, -0.15) is 0 Å². The largest absolute Gasteiger partial charge is 0.768 e. The Hall–Kier alpha value is -0.740. The maximum atomic E-state index is 10.4. The van der Waals surface area contributed by atoms with Crippen molar-refractivity contribution in [3.05, 3.63) is 24.0 Å². The van der Waals surface area contributed by atoms with Crippen molar-refractivity contribution in [3.63, 3.8) is 0 Å². The molecule has 0 fully saturated rings. The van der Waals surface area contributed by atoms with E-state index >= 15 is 0 Å². The van der Waals surface area contributed by atoms with Gasteiger partial charge in [0.25, 0.3) is 0 Å². The fourth-order valence-corrected chi connectivity index (χ4v) is 1.04. The minimum absolute atomic E-state index is 0.238. The van der Waals surface area contributed by atoms with Crippen LogP contribution in [-0.4, -0.2) is 13.7 Å². The van der Waals surface area contributed by atoms with Crippen LogP contribution in [0.3, 0.4) is 0 Å². The maximum absolute atomic E-state index is 10.4. The first-order valence-corrected chi connectivity index (χ1v) is 4.35. The van der Waals surface area contributed by atoms with Crippen LogP contribution in [0.2, 0.25) is 0 Å². The fraction of sp³-hybridized carbons (Fsp3) is 0.286. The fourth-order valence-electron chi connectivity index (χ4n) is 0.719. The third-order valence-corrected chi connectivity index (χ3v) is 1.98. The molecule has 1 unspecified atom stereocenters. The van der Waals surface area contributed by atoms with Crippen LogP contribution in [0.1, 0.15) is 12.6 Å². The Bertz CT molecular complexity index is 258. The van der Waals surface area contributed by atoms with Crippen LogP contribution in [0.15, 0.2) is 23.2 Å². The molecular formula is C7H8NO2S-. The van der Waals surface area contributed by atoms with Gasteiger partial charge in [-0.3, -0.25) is 9.19 Å². The smallest absolute Gasteiger partial charge is 0.0432 e. The van der Waals surface area contributed by atoms with Crippen LogP contribution in [0.4, 0.5) is 0 Å². The third-order valence-electron chi connectivity index (χ3n) is 1.35. The van der Waals surface area contributed by atoms with E-state index in [4.69, 9.17) is 0 Å². The van der Waals surface area contributed by atoms with Gasteiger partial charge in [0, 0.05) is 16.8 Å². The number of hydrogen-bond donors (Lipinski definition) is 0. The summed E-state index contributed by atoms with van der Waals surface area (Å²) in [5.74, 6) is 0. The molecule has 1 aromatic rings. The molecular weight excluding hydrogens is 162 g/mol. The monoisotopic (exact) mass is 170 g/mol. The van der Waals surface area contributed by atoms with Gasteiger partial charge in [-0.1, -0.05) is 6.92 Å². The molecule has 0 amide bonds. The lowest BCUT2D eigenvalue weighted by atomic mass is 10.3. The zero-order chi connectivity index (χ0) is 8.27. The highest BCUT2D eigenvalue weighted by atomic mass is 32.2. The zero-order valence-corrected chi connectivity index (χ0v) is 6.93. The highest BCUT2D eigenvalue weighted by molar-refractivity contribution is 7.79. The van der Waals surface area contributed by atoms with Crippen LogP contribution in [0.25, 0.3) is 0 Å². The van der Waals surface area contributed by atoms with E-state index in [1.807, 2.05) is 6.92 Å². The average Bonchev–Trinajstić information content (AvgIpc) is 2.05. The van der Waals surface area contributed by atoms with Gasteiger partial charge in [-0.15, -0.1) is 0 Å². The molecule has 0 saturated carbocycles. The van der Waals surface area contributed by atoms with Gasteiger partial charge in [-0.25, -0.2) is 0 Å². The number of rotatable bonds is 2. The Morgan fingerprint density at radius 1 is 1.64 bits per heavy atom. The van der Waals surface area contributed by atoms with E-state index in [9.17, 15) is 8.76 Å². The Balaban J connectivity index is 2.91. The highest BCUT2D eigenvalue weighted by Crippen LogP contribution is 2.03. The topological polar surface area (TPSA) is 53.0 Å². The van der Waals surface area contributed by atoms with E-state index in [2.05, 4.69) is 4.98 Å². The molecule has 0 aliphatic heterocycles. The van der Waals surface area contributed by atoms with Crippen molar-refractivity contribution in [2.75, 3.05) is 0 Å². The minimum atomic E-state index is -2.15. The minimum Gasteiger partial charge on any atom is -0.768 e. The van der Waals surface area contributed by atoms with Crippen LogP contribution < -0.4 is 0 Å². The summed E-state index contributed by atoms with van der Waals surface area (Å²) in [5, 5.41) is 0. The first-order valence-electron chi connectivity index (χ1n) is 3.28. The number of hydrogen-bond acceptors (Lipinski definition) is 3. The summed E-state index contributed by atoms with van der Waals surface area (Å²) in [6.07, 6.45) is 2.19. The lowest BCUT2D eigenvalue weighted by molar-refractivity contribution is 0.536. The van der Waals surface area contributed by atoms with E-state index in [1.54, 1.807) is 12.1 Å². The summed E-state index contributed by atoms with van der Waals surface area (Å²) in [5.41, 5.74) is 0.902. The van der Waals surface area contributed by atoms with Crippen molar-refractivity contribution in [1.82, 2.24) is 4.98 Å². The summed E-state index contributed by atoms with van der Waals surface area (Å²) in [4.78, 5) is 4.16. The molecule has 11 heavy (non-hydrogen) atoms. The molecule has 0 N–H and O–H groups in total. The Kier molecular flexibility index (Phi) is 2.73. The standard InChI is InChI=1S/C7H9NO2S/c1-2-6-3-4-7(5-8-6)11(9)10/h3-5H,2H2,1H3,(H,9,10)/p-1. The molecule has 0 bridgehead atoms. The van der Waals surface area contributed by atoms with Gasteiger partial charge in [-0.05, 0) is 29.6 Å². The molecule has 1 rings (SSSR count). The lowest BCUT2D eigenvalue weighted by Gasteiger charge is -2.03. The first-order chi connectivity index (χ1) is 5.24. The van der Waals surface area contributed by atoms with Crippen LogP contribution >= 0.6 is 0 Å². The zero-order valence-electron chi connectivity index (χ0n) is 6.11. The first kappa shape index (κ1) is 8.36. The van der Waals surface area contributed by atoms with E-state index in [0.29, 0.717) is 0 Å². The molecule has 1 atom stereocenters. The third kappa shape index (κ3) is 2.10. The summed E-state index contributed by atoms with van der Waals surface area (Å²) < 4.78 is 20.7. The summed E-state index contributed by atoms with van der Waals surface area (Å²) >= 11 is -2.15. The van der Waals surface area contributed by atoms with E-state index in [-0.39, 0.29) is 4.90 Å². The summed E-state index contributed by atoms with van der Waals surface area (Å²) in [6, 6.07) is 3.26. The van der Waals surface area contributed by atoms with Crippen molar-refractivity contribution in [1.29, 1.82) is 0 Å².